The average Bonchev–Trinajstić information content (AvgIpc) is 3.15. The molecule has 2 aliphatic rings. The van der Waals surface area contributed by atoms with Gasteiger partial charge in [0.25, 0.3) is 0 Å². The summed E-state index contributed by atoms with van der Waals surface area (Å²) in [5.41, 5.74) is 1.58. The standard InChI is InChI=1S/C15H20N4/c1-11-6-13(8-16)7-15(18-11)17-9-12-4-5-19(10-12)14-2-3-14/h6-7,12,14H,2-5,9-10H2,1H3,(H,17,18). The van der Waals surface area contributed by atoms with Crippen LogP contribution in [-0.2, 0) is 0 Å². The van der Waals surface area contributed by atoms with Crippen molar-refractivity contribution in [1.29, 1.82) is 5.26 Å². The molecule has 1 aromatic heterocycles. The van der Waals surface area contributed by atoms with E-state index >= 15 is 0 Å². The topological polar surface area (TPSA) is 52.0 Å². The number of nitriles is 1. The minimum atomic E-state index is 0.682. The van der Waals surface area contributed by atoms with Crippen molar-refractivity contribution >= 4 is 5.82 Å². The molecule has 19 heavy (non-hydrogen) atoms. The van der Waals surface area contributed by atoms with Crippen LogP contribution in [0.3, 0.4) is 0 Å². The molecule has 1 saturated carbocycles. The highest BCUT2D eigenvalue weighted by atomic mass is 15.2. The highest BCUT2D eigenvalue weighted by Crippen LogP contribution is 2.31. The van der Waals surface area contributed by atoms with Gasteiger partial charge in [-0.25, -0.2) is 4.98 Å². The number of aromatic nitrogens is 1. The Kier molecular flexibility index (Phi) is 3.39. The molecule has 2 heterocycles. The summed E-state index contributed by atoms with van der Waals surface area (Å²) in [5, 5.41) is 12.3. The summed E-state index contributed by atoms with van der Waals surface area (Å²) in [6.45, 7) is 5.36. The predicted molar refractivity (Wildman–Crippen MR) is 74.9 cm³/mol. The van der Waals surface area contributed by atoms with Crippen LogP contribution in [0.4, 0.5) is 5.82 Å². The van der Waals surface area contributed by atoms with E-state index in [1.165, 1.54) is 32.4 Å². The first-order chi connectivity index (χ1) is 9.24. The molecule has 0 bridgehead atoms. The monoisotopic (exact) mass is 256 g/mol. The second-order valence-corrected chi connectivity index (χ2v) is 5.76. The smallest absolute Gasteiger partial charge is 0.127 e. The number of aryl methyl sites for hydroxylation is 1. The quantitative estimate of drug-likeness (QED) is 0.897. The van der Waals surface area contributed by atoms with Gasteiger partial charge in [-0.05, 0) is 50.8 Å². The second kappa shape index (κ2) is 5.18. The number of pyridine rings is 1. The normalized spacial score (nSPS) is 23.3. The summed E-state index contributed by atoms with van der Waals surface area (Å²) < 4.78 is 0. The maximum Gasteiger partial charge on any atom is 0.127 e. The molecule has 1 aromatic rings. The van der Waals surface area contributed by atoms with E-state index in [9.17, 15) is 0 Å². The summed E-state index contributed by atoms with van der Waals surface area (Å²) in [6, 6.07) is 6.71. The molecule has 1 aliphatic carbocycles. The Labute approximate surface area is 114 Å². The Morgan fingerprint density at radius 3 is 3.00 bits per heavy atom. The minimum Gasteiger partial charge on any atom is -0.370 e. The number of hydrogen-bond donors (Lipinski definition) is 1. The van der Waals surface area contributed by atoms with Crippen molar-refractivity contribution in [2.75, 3.05) is 25.0 Å². The van der Waals surface area contributed by atoms with Crippen LogP contribution in [0.15, 0.2) is 12.1 Å². The zero-order chi connectivity index (χ0) is 13.2. The van der Waals surface area contributed by atoms with Gasteiger partial charge in [0.05, 0.1) is 11.6 Å². The first kappa shape index (κ1) is 12.4. The molecule has 0 aromatic carbocycles. The molecule has 0 radical (unpaired) electrons. The fraction of sp³-hybridized carbons (Fsp3) is 0.600. The lowest BCUT2D eigenvalue weighted by Crippen LogP contribution is -2.25. The van der Waals surface area contributed by atoms with Crippen LogP contribution >= 0.6 is 0 Å². The molecule has 1 atom stereocenters. The maximum atomic E-state index is 8.96. The fourth-order valence-corrected chi connectivity index (χ4v) is 2.87. The molecule has 0 spiro atoms. The molecule has 3 rings (SSSR count). The highest BCUT2D eigenvalue weighted by molar-refractivity contribution is 5.44. The molecule has 1 unspecified atom stereocenters. The lowest BCUT2D eigenvalue weighted by Gasteiger charge is -2.15. The van der Waals surface area contributed by atoms with Crippen molar-refractivity contribution in [3.05, 3.63) is 23.4 Å². The van der Waals surface area contributed by atoms with E-state index in [1.54, 1.807) is 0 Å². The summed E-state index contributed by atoms with van der Waals surface area (Å²) >= 11 is 0. The Morgan fingerprint density at radius 2 is 2.26 bits per heavy atom. The third kappa shape index (κ3) is 3.05. The summed E-state index contributed by atoms with van der Waals surface area (Å²) in [4.78, 5) is 7.06. The van der Waals surface area contributed by atoms with Crippen molar-refractivity contribution < 1.29 is 0 Å². The van der Waals surface area contributed by atoms with Crippen LogP contribution in [0.1, 0.15) is 30.5 Å². The summed E-state index contributed by atoms with van der Waals surface area (Å²) in [5.74, 6) is 1.55. The number of hydrogen-bond acceptors (Lipinski definition) is 4. The van der Waals surface area contributed by atoms with E-state index in [1.807, 2.05) is 19.1 Å². The average molecular weight is 256 g/mol. The van der Waals surface area contributed by atoms with E-state index < -0.39 is 0 Å². The number of nitrogens with one attached hydrogen (secondary N) is 1. The van der Waals surface area contributed by atoms with Gasteiger partial charge in [0, 0.05) is 24.8 Å². The van der Waals surface area contributed by atoms with Crippen molar-refractivity contribution in [3.8, 4) is 6.07 Å². The SMILES string of the molecule is Cc1cc(C#N)cc(NCC2CCN(C3CC3)C2)n1. The van der Waals surface area contributed by atoms with Crippen LogP contribution in [0.25, 0.3) is 0 Å². The van der Waals surface area contributed by atoms with Gasteiger partial charge in [0.2, 0.25) is 0 Å². The molecule has 1 N–H and O–H groups in total. The van der Waals surface area contributed by atoms with E-state index in [4.69, 9.17) is 5.26 Å². The Hall–Kier alpha value is -1.60. The number of nitrogens with zero attached hydrogens (tertiary/aromatic N) is 3. The van der Waals surface area contributed by atoms with Gasteiger partial charge in [-0.2, -0.15) is 5.26 Å². The molecule has 1 aliphatic heterocycles. The van der Waals surface area contributed by atoms with E-state index in [-0.39, 0.29) is 0 Å². The van der Waals surface area contributed by atoms with Crippen LogP contribution in [0.5, 0.6) is 0 Å². The molecule has 2 fully saturated rings. The van der Waals surface area contributed by atoms with Crippen molar-refractivity contribution in [3.63, 3.8) is 0 Å². The number of rotatable bonds is 4. The molecular weight excluding hydrogens is 236 g/mol. The Balaban J connectivity index is 1.54. The van der Waals surface area contributed by atoms with Crippen LogP contribution in [0, 0.1) is 24.2 Å². The van der Waals surface area contributed by atoms with Crippen LogP contribution in [-0.4, -0.2) is 35.6 Å². The van der Waals surface area contributed by atoms with Gasteiger partial charge in [-0.3, -0.25) is 0 Å². The fourth-order valence-electron chi connectivity index (χ4n) is 2.87. The zero-order valence-corrected chi connectivity index (χ0v) is 11.4. The maximum absolute atomic E-state index is 8.96. The largest absolute Gasteiger partial charge is 0.370 e. The third-order valence-corrected chi connectivity index (χ3v) is 4.03. The number of likely N-dealkylation sites (tertiary alicyclic amines) is 1. The predicted octanol–water partition coefficient (Wildman–Crippen LogP) is 2.16. The van der Waals surface area contributed by atoms with Gasteiger partial charge < -0.3 is 10.2 Å². The highest BCUT2D eigenvalue weighted by Gasteiger charge is 2.34. The summed E-state index contributed by atoms with van der Waals surface area (Å²) in [7, 11) is 0. The van der Waals surface area contributed by atoms with Crippen molar-refractivity contribution in [2.24, 2.45) is 5.92 Å². The molecule has 4 nitrogen and oxygen atoms in total. The van der Waals surface area contributed by atoms with E-state index in [2.05, 4.69) is 21.3 Å². The molecular formula is C15H20N4. The van der Waals surface area contributed by atoms with Gasteiger partial charge in [-0.15, -0.1) is 0 Å². The lowest BCUT2D eigenvalue weighted by atomic mass is 10.1. The van der Waals surface area contributed by atoms with Gasteiger partial charge in [0.15, 0.2) is 0 Å². The van der Waals surface area contributed by atoms with Crippen LogP contribution < -0.4 is 5.32 Å². The molecule has 0 amide bonds. The van der Waals surface area contributed by atoms with Gasteiger partial charge in [-0.1, -0.05) is 0 Å². The third-order valence-electron chi connectivity index (χ3n) is 4.03. The molecule has 100 valence electrons. The molecule has 1 saturated heterocycles. The first-order valence-corrected chi connectivity index (χ1v) is 7.11. The summed E-state index contributed by atoms with van der Waals surface area (Å²) in [6.07, 6.45) is 4.07. The lowest BCUT2D eigenvalue weighted by molar-refractivity contribution is 0.316. The van der Waals surface area contributed by atoms with Gasteiger partial charge >= 0.3 is 0 Å². The Bertz CT molecular complexity index is 501. The van der Waals surface area contributed by atoms with E-state index in [0.29, 0.717) is 11.5 Å². The number of anilines is 1. The first-order valence-electron chi connectivity index (χ1n) is 7.11. The van der Waals surface area contributed by atoms with E-state index in [0.717, 1.165) is 24.1 Å². The van der Waals surface area contributed by atoms with Crippen LogP contribution in [0.2, 0.25) is 0 Å². The minimum absolute atomic E-state index is 0.682. The van der Waals surface area contributed by atoms with Crippen molar-refractivity contribution in [1.82, 2.24) is 9.88 Å². The second-order valence-electron chi connectivity index (χ2n) is 5.76. The Morgan fingerprint density at radius 1 is 1.42 bits per heavy atom. The van der Waals surface area contributed by atoms with Crippen molar-refractivity contribution in [2.45, 2.75) is 32.2 Å². The zero-order valence-electron chi connectivity index (χ0n) is 11.4. The van der Waals surface area contributed by atoms with Gasteiger partial charge in [0.1, 0.15) is 5.82 Å². The molecule has 4 heteroatoms.